The highest BCUT2D eigenvalue weighted by molar-refractivity contribution is 6.06. The van der Waals surface area contributed by atoms with Gasteiger partial charge in [-0.25, -0.2) is 4.79 Å². The zero-order chi connectivity index (χ0) is 14.3. The van der Waals surface area contributed by atoms with Crippen molar-refractivity contribution in [1.29, 1.82) is 0 Å². The van der Waals surface area contributed by atoms with Crippen molar-refractivity contribution in [2.45, 2.75) is 19.8 Å². The van der Waals surface area contributed by atoms with E-state index in [1.165, 1.54) is 0 Å². The SMILES string of the molecule is Cc1ccc2cc(C(=O)O)cc(N3CCCC3=O)c2n1. The summed E-state index contributed by atoms with van der Waals surface area (Å²) in [6.07, 6.45) is 1.30. The van der Waals surface area contributed by atoms with Gasteiger partial charge in [0.15, 0.2) is 0 Å². The van der Waals surface area contributed by atoms with Gasteiger partial charge in [-0.2, -0.15) is 0 Å². The van der Waals surface area contributed by atoms with Gasteiger partial charge in [0.05, 0.1) is 16.8 Å². The highest BCUT2D eigenvalue weighted by atomic mass is 16.4. The Morgan fingerprint density at radius 1 is 1.35 bits per heavy atom. The number of benzene rings is 1. The molecule has 1 N–H and O–H groups in total. The predicted octanol–water partition coefficient (Wildman–Crippen LogP) is 2.37. The first kappa shape index (κ1) is 12.6. The molecule has 1 aliphatic rings. The molecule has 5 nitrogen and oxygen atoms in total. The van der Waals surface area contributed by atoms with Gasteiger partial charge < -0.3 is 10.0 Å². The van der Waals surface area contributed by atoms with Crippen LogP contribution in [0.15, 0.2) is 24.3 Å². The molecule has 2 heterocycles. The van der Waals surface area contributed by atoms with Gasteiger partial charge in [-0.05, 0) is 31.5 Å². The molecule has 0 unspecified atom stereocenters. The largest absolute Gasteiger partial charge is 0.478 e. The zero-order valence-corrected chi connectivity index (χ0v) is 11.1. The Bertz CT molecular complexity index is 724. The van der Waals surface area contributed by atoms with Gasteiger partial charge in [-0.3, -0.25) is 9.78 Å². The van der Waals surface area contributed by atoms with Crippen LogP contribution in [0.25, 0.3) is 10.9 Å². The van der Waals surface area contributed by atoms with Crippen LogP contribution in [0.2, 0.25) is 0 Å². The lowest BCUT2D eigenvalue weighted by atomic mass is 10.1. The van der Waals surface area contributed by atoms with Gasteiger partial charge in [-0.1, -0.05) is 6.07 Å². The van der Waals surface area contributed by atoms with E-state index in [1.54, 1.807) is 17.0 Å². The maximum absolute atomic E-state index is 11.9. The van der Waals surface area contributed by atoms with Crippen LogP contribution in [0, 0.1) is 6.92 Å². The number of rotatable bonds is 2. The van der Waals surface area contributed by atoms with Gasteiger partial charge in [0.1, 0.15) is 0 Å². The molecule has 5 heteroatoms. The number of carbonyl (C=O) groups is 2. The van der Waals surface area contributed by atoms with Crippen molar-refractivity contribution in [2.75, 3.05) is 11.4 Å². The van der Waals surface area contributed by atoms with Gasteiger partial charge >= 0.3 is 5.97 Å². The molecular formula is C15H14N2O3. The van der Waals surface area contributed by atoms with E-state index in [4.69, 9.17) is 0 Å². The van der Waals surface area contributed by atoms with Crippen molar-refractivity contribution in [1.82, 2.24) is 4.98 Å². The monoisotopic (exact) mass is 270 g/mol. The number of carbonyl (C=O) groups excluding carboxylic acids is 1. The van der Waals surface area contributed by atoms with E-state index in [1.807, 2.05) is 19.1 Å². The van der Waals surface area contributed by atoms with Gasteiger partial charge in [0.25, 0.3) is 0 Å². The van der Waals surface area contributed by atoms with E-state index < -0.39 is 5.97 Å². The van der Waals surface area contributed by atoms with Gasteiger partial charge in [0, 0.05) is 24.0 Å². The number of anilines is 1. The second-order valence-corrected chi connectivity index (χ2v) is 4.97. The second kappa shape index (κ2) is 4.59. The lowest BCUT2D eigenvalue weighted by Gasteiger charge is -2.18. The molecule has 20 heavy (non-hydrogen) atoms. The van der Waals surface area contributed by atoms with Crippen LogP contribution in [0.4, 0.5) is 5.69 Å². The number of fused-ring (bicyclic) bond motifs is 1. The fourth-order valence-electron chi connectivity index (χ4n) is 2.55. The Morgan fingerprint density at radius 2 is 2.15 bits per heavy atom. The minimum Gasteiger partial charge on any atom is -0.478 e. The molecule has 1 amide bonds. The first-order valence-corrected chi connectivity index (χ1v) is 6.51. The molecule has 102 valence electrons. The minimum absolute atomic E-state index is 0.0251. The summed E-state index contributed by atoms with van der Waals surface area (Å²) < 4.78 is 0. The highest BCUT2D eigenvalue weighted by Gasteiger charge is 2.25. The minimum atomic E-state index is -1.000. The molecule has 0 atom stereocenters. The molecule has 1 aromatic heterocycles. The van der Waals surface area contributed by atoms with Crippen molar-refractivity contribution in [3.63, 3.8) is 0 Å². The fourth-order valence-corrected chi connectivity index (χ4v) is 2.55. The smallest absolute Gasteiger partial charge is 0.335 e. The number of amides is 1. The summed E-state index contributed by atoms with van der Waals surface area (Å²) in [5.74, 6) is -0.975. The Balaban J connectivity index is 2.28. The fraction of sp³-hybridized carbons (Fsp3) is 0.267. The molecule has 0 saturated carbocycles. The van der Waals surface area contributed by atoms with Crippen molar-refractivity contribution < 1.29 is 14.7 Å². The molecule has 0 bridgehead atoms. The van der Waals surface area contributed by atoms with E-state index in [2.05, 4.69) is 4.98 Å². The summed E-state index contributed by atoms with van der Waals surface area (Å²) in [6.45, 7) is 2.49. The summed E-state index contributed by atoms with van der Waals surface area (Å²) >= 11 is 0. The number of aromatic nitrogens is 1. The third-order valence-electron chi connectivity index (χ3n) is 3.52. The lowest BCUT2D eigenvalue weighted by Crippen LogP contribution is -2.24. The van der Waals surface area contributed by atoms with Gasteiger partial charge in [-0.15, -0.1) is 0 Å². The zero-order valence-electron chi connectivity index (χ0n) is 11.1. The maximum atomic E-state index is 11.9. The Morgan fingerprint density at radius 3 is 2.80 bits per heavy atom. The summed E-state index contributed by atoms with van der Waals surface area (Å²) in [4.78, 5) is 29.3. The lowest BCUT2D eigenvalue weighted by molar-refractivity contribution is -0.117. The second-order valence-electron chi connectivity index (χ2n) is 4.97. The van der Waals surface area contributed by atoms with E-state index in [0.29, 0.717) is 24.2 Å². The molecule has 1 aromatic carbocycles. The van der Waals surface area contributed by atoms with E-state index in [-0.39, 0.29) is 11.5 Å². The number of pyridine rings is 1. The maximum Gasteiger partial charge on any atom is 0.335 e. The summed E-state index contributed by atoms with van der Waals surface area (Å²) in [7, 11) is 0. The van der Waals surface area contributed by atoms with Crippen molar-refractivity contribution in [3.8, 4) is 0 Å². The first-order valence-electron chi connectivity index (χ1n) is 6.51. The average molecular weight is 270 g/mol. The first-order chi connectivity index (χ1) is 9.56. The highest BCUT2D eigenvalue weighted by Crippen LogP contribution is 2.30. The van der Waals surface area contributed by atoms with Crippen LogP contribution in [0.1, 0.15) is 28.9 Å². The number of aromatic carboxylic acids is 1. The molecule has 1 aliphatic heterocycles. The number of aryl methyl sites for hydroxylation is 1. The topological polar surface area (TPSA) is 70.5 Å². The van der Waals surface area contributed by atoms with Crippen LogP contribution >= 0.6 is 0 Å². The van der Waals surface area contributed by atoms with E-state index in [0.717, 1.165) is 17.5 Å². The van der Waals surface area contributed by atoms with Crippen LogP contribution in [-0.4, -0.2) is 28.5 Å². The molecule has 0 aliphatic carbocycles. The Labute approximate surface area is 115 Å². The summed E-state index contributed by atoms with van der Waals surface area (Å²) in [5, 5.41) is 9.95. The molecular weight excluding hydrogens is 256 g/mol. The normalized spacial score (nSPS) is 15.1. The standard InChI is InChI=1S/C15H14N2O3/c1-9-4-5-10-7-11(15(19)20)8-12(14(10)16-9)17-6-2-3-13(17)18/h4-5,7-8H,2-3,6H2,1H3,(H,19,20). The molecule has 1 fully saturated rings. The quantitative estimate of drug-likeness (QED) is 0.909. The molecule has 2 aromatic rings. The van der Waals surface area contributed by atoms with E-state index in [9.17, 15) is 14.7 Å². The average Bonchev–Trinajstić information content (AvgIpc) is 2.83. The summed E-state index contributed by atoms with van der Waals surface area (Å²) in [6, 6.07) is 6.81. The molecule has 0 radical (unpaired) electrons. The summed E-state index contributed by atoms with van der Waals surface area (Å²) in [5.41, 5.74) is 2.31. The predicted molar refractivity (Wildman–Crippen MR) is 75.0 cm³/mol. The number of carboxylic acids is 1. The van der Waals surface area contributed by atoms with Crippen molar-refractivity contribution >= 4 is 28.5 Å². The van der Waals surface area contributed by atoms with Crippen LogP contribution in [0.3, 0.4) is 0 Å². The molecule has 3 rings (SSSR count). The Kier molecular flexibility index (Phi) is 2.89. The number of nitrogens with zero attached hydrogens (tertiary/aromatic N) is 2. The van der Waals surface area contributed by atoms with E-state index >= 15 is 0 Å². The van der Waals surface area contributed by atoms with Crippen LogP contribution < -0.4 is 4.90 Å². The Hall–Kier alpha value is -2.43. The molecule has 1 saturated heterocycles. The third kappa shape index (κ3) is 2.01. The van der Waals surface area contributed by atoms with Crippen molar-refractivity contribution in [2.24, 2.45) is 0 Å². The third-order valence-corrected chi connectivity index (χ3v) is 3.52. The van der Waals surface area contributed by atoms with Crippen LogP contribution in [0.5, 0.6) is 0 Å². The molecule has 0 spiro atoms. The van der Waals surface area contributed by atoms with Crippen molar-refractivity contribution in [3.05, 3.63) is 35.5 Å². The van der Waals surface area contributed by atoms with Gasteiger partial charge in [0.2, 0.25) is 5.91 Å². The van der Waals surface area contributed by atoms with Crippen LogP contribution in [-0.2, 0) is 4.79 Å². The number of carboxylic acid groups (broad SMARTS) is 1. The number of hydrogen-bond donors (Lipinski definition) is 1. The number of hydrogen-bond acceptors (Lipinski definition) is 3.